The van der Waals surface area contributed by atoms with Crippen molar-refractivity contribution in [3.05, 3.63) is 81.4 Å². The second-order valence-electron chi connectivity index (χ2n) is 6.00. The summed E-state index contributed by atoms with van der Waals surface area (Å²) in [5.74, 6) is 1.51. The molecule has 2 heterocycles. The van der Waals surface area contributed by atoms with Crippen LogP contribution < -0.4 is 5.56 Å². The molecule has 0 saturated heterocycles. The number of rotatable bonds is 5. The van der Waals surface area contributed by atoms with Crippen molar-refractivity contribution in [3.8, 4) is 0 Å². The SMILES string of the molecule is Cc1cccc2c(=O)n(Cc3nc(CSc4ccc(Cl)cc4)no3)cnc12. The Bertz CT molecular complexity index is 1150. The molecule has 6 nitrogen and oxygen atoms in total. The molecule has 0 saturated carbocycles. The lowest BCUT2D eigenvalue weighted by Gasteiger charge is -2.05. The lowest BCUT2D eigenvalue weighted by molar-refractivity contribution is 0.366. The molecule has 0 atom stereocenters. The van der Waals surface area contributed by atoms with Gasteiger partial charge in [0.25, 0.3) is 5.56 Å². The van der Waals surface area contributed by atoms with Gasteiger partial charge in [0.1, 0.15) is 6.54 Å². The molecular weight excluding hydrogens is 384 g/mol. The number of aromatic nitrogens is 4. The molecular formula is C19H15ClN4O2S. The van der Waals surface area contributed by atoms with Gasteiger partial charge in [0.2, 0.25) is 5.89 Å². The fourth-order valence-electron chi connectivity index (χ4n) is 2.69. The first-order valence-corrected chi connectivity index (χ1v) is 9.61. The maximum absolute atomic E-state index is 12.6. The van der Waals surface area contributed by atoms with Crippen LogP contribution >= 0.6 is 23.4 Å². The molecule has 0 amide bonds. The molecule has 27 heavy (non-hydrogen) atoms. The van der Waals surface area contributed by atoms with Crippen molar-refractivity contribution < 1.29 is 4.52 Å². The fourth-order valence-corrected chi connectivity index (χ4v) is 3.56. The van der Waals surface area contributed by atoms with Crippen LogP contribution in [-0.2, 0) is 12.3 Å². The first-order chi connectivity index (χ1) is 13.1. The zero-order valence-corrected chi connectivity index (χ0v) is 16.0. The van der Waals surface area contributed by atoms with Crippen molar-refractivity contribution in [3.63, 3.8) is 0 Å². The molecule has 2 aromatic carbocycles. The number of hydrogen-bond donors (Lipinski definition) is 0. The standard InChI is InChI=1S/C19H15ClN4O2S/c1-12-3-2-4-15-18(12)21-11-24(19(15)25)9-17-22-16(23-26-17)10-27-14-7-5-13(20)6-8-14/h2-8,11H,9-10H2,1H3. The molecule has 0 aliphatic heterocycles. The van der Waals surface area contributed by atoms with Crippen LogP contribution in [0.15, 0.2) is 63.0 Å². The first-order valence-electron chi connectivity index (χ1n) is 8.25. The minimum Gasteiger partial charge on any atom is -0.337 e. The third kappa shape index (κ3) is 3.89. The average molecular weight is 399 g/mol. The molecule has 4 rings (SSSR count). The van der Waals surface area contributed by atoms with Crippen LogP contribution in [0, 0.1) is 6.92 Å². The van der Waals surface area contributed by atoms with Crippen LogP contribution in [0.3, 0.4) is 0 Å². The number of halogens is 1. The van der Waals surface area contributed by atoms with Crippen molar-refractivity contribution in [1.29, 1.82) is 0 Å². The van der Waals surface area contributed by atoms with Crippen LogP contribution in [0.25, 0.3) is 10.9 Å². The van der Waals surface area contributed by atoms with Gasteiger partial charge in [-0.25, -0.2) is 4.98 Å². The monoisotopic (exact) mass is 398 g/mol. The second kappa shape index (κ2) is 7.54. The average Bonchev–Trinajstić information content (AvgIpc) is 3.12. The highest BCUT2D eigenvalue weighted by atomic mass is 35.5. The summed E-state index contributed by atoms with van der Waals surface area (Å²) in [5, 5.41) is 5.26. The van der Waals surface area contributed by atoms with Crippen LogP contribution in [0.1, 0.15) is 17.3 Å². The molecule has 2 aromatic heterocycles. The van der Waals surface area contributed by atoms with Crippen molar-refractivity contribution in [1.82, 2.24) is 19.7 Å². The zero-order valence-electron chi connectivity index (χ0n) is 14.4. The van der Waals surface area contributed by atoms with Gasteiger partial charge < -0.3 is 4.52 Å². The van der Waals surface area contributed by atoms with Crippen molar-refractivity contribution >= 4 is 34.3 Å². The Morgan fingerprint density at radius 3 is 2.81 bits per heavy atom. The number of para-hydroxylation sites is 1. The Morgan fingerprint density at radius 1 is 1.19 bits per heavy atom. The molecule has 0 unspecified atom stereocenters. The van der Waals surface area contributed by atoms with Crippen LogP contribution in [-0.4, -0.2) is 19.7 Å². The van der Waals surface area contributed by atoms with Crippen molar-refractivity contribution in [2.24, 2.45) is 0 Å². The summed E-state index contributed by atoms with van der Waals surface area (Å²) in [6, 6.07) is 13.1. The van der Waals surface area contributed by atoms with Crippen LogP contribution in [0.4, 0.5) is 0 Å². The highest BCUT2D eigenvalue weighted by molar-refractivity contribution is 7.98. The molecule has 0 aliphatic rings. The third-order valence-electron chi connectivity index (χ3n) is 4.05. The molecule has 0 spiro atoms. The molecule has 0 fully saturated rings. The van der Waals surface area contributed by atoms with Gasteiger partial charge in [-0.1, -0.05) is 28.9 Å². The van der Waals surface area contributed by atoms with E-state index in [1.807, 2.05) is 43.3 Å². The van der Waals surface area contributed by atoms with Crippen LogP contribution in [0.2, 0.25) is 5.02 Å². The third-order valence-corrected chi connectivity index (χ3v) is 5.31. The predicted octanol–water partition coefficient (Wildman–Crippen LogP) is 4.08. The Balaban J connectivity index is 1.49. The second-order valence-corrected chi connectivity index (χ2v) is 7.48. The van der Waals surface area contributed by atoms with Gasteiger partial charge in [0.15, 0.2) is 5.82 Å². The number of fused-ring (bicyclic) bond motifs is 1. The van der Waals surface area contributed by atoms with Gasteiger partial charge in [-0.15, -0.1) is 11.8 Å². The van der Waals surface area contributed by atoms with E-state index in [1.54, 1.807) is 17.8 Å². The van der Waals surface area contributed by atoms with E-state index in [4.69, 9.17) is 16.1 Å². The number of nitrogens with zero attached hydrogens (tertiary/aromatic N) is 4. The smallest absolute Gasteiger partial charge is 0.261 e. The molecule has 4 aromatic rings. The van der Waals surface area contributed by atoms with E-state index < -0.39 is 0 Å². The summed E-state index contributed by atoms with van der Waals surface area (Å²) in [6.45, 7) is 2.12. The minimum atomic E-state index is -0.126. The first kappa shape index (κ1) is 17.8. The summed E-state index contributed by atoms with van der Waals surface area (Å²) in [6.07, 6.45) is 1.52. The van der Waals surface area contributed by atoms with E-state index in [2.05, 4.69) is 15.1 Å². The Labute approximate surface area is 164 Å². The largest absolute Gasteiger partial charge is 0.337 e. The van der Waals surface area contributed by atoms with Crippen molar-refractivity contribution in [2.75, 3.05) is 0 Å². The molecule has 8 heteroatoms. The summed E-state index contributed by atoms with van der Waals surface area (Å²) in [5.41, 5.74) is 1.55. The highest BCUT2D eigenvalue weighted by Crippen LogP contribution is 2.23. The highest BCUT2D eigenvalue weighted by Gasteiger charge is 2.11. The minimum absolute atomic E-state index is 0.126. The van der Waals surface area contributed by atoms with E-state index in [0.717, 1.165) is 10.5 Å². The normalized spacial score (nSPS) is 11.2. The van der Waals surface area contributed by atoms with Gasteiger partial charge in [0.05, 0.1) is 23.0 Å². The zero-order chi connectivity index (χ0) is 18.8. The molecule has 0 bridgehead atoms. The predicted molar refractivity (Wildman–Crippen MR) is 105 cm³/mol. The fraction of sp³-hybridized carbons (Fsp3) is 0.158. The van der Waals surface area contributed by atoms with E-state index in [9.17, 15) is 4.79 Å². The van der Waals surface area contributed by atoms with Gasteiger partial charge in [-0.3, -0.25) is 9.36 Å². The quantitative estimate of drug-likeness (QED) is 0.471. The maximum Gasteiger partial charge on any atom is 0.261 e. The van der Waals surface area contributed by atoms with E-state index in [-0.39, 0.29) is 12.1 Å². The summed E-state index contributed by atoms with van der Waals surface area (Å²) in [4.78, 5) is 22.5. The van der Waals surface area contributed by atoms with Crippen LogP contribution in [0.5, 0.6) is 0 Å². The molecule has 0 N–H and O–H groups in total. The van der Waals surface area contributed by atoms with Gasteiger partial charge >= 0.3 is 0 Å². The van der Waals surface area contributed by atoms with Crippen molar-refractivity contribution in [2.45, 2.75) is 24.1 Å². The lowest BCUT2D eigenvalue weighted by atomic mass is 10.1. The van der Waals surface area contributed by atoms with E-state index in [0.29, 0.717) is 33.4 Å². The molecule has 0 radical (unpaired) electrons. The van der Waals surface area contributed by atoms with Gasteiger partial charge in [0, 0.05) is 9.92 Å². The Kier molecular flexibility index (Phi) is 4.96. The number of hydrogen-bond acceptors (Lipinski definition) is 6. The topological polar surface area (TPSA) is 73.8 Å². The summed E-state index contributed by atoms with van der Waals surface area (Å²) < 4.78 is 6.76. The van der Waals surface area contributed by atoms with E-state index >= 15 is 0 Å². The van der Waals surface area contributed by atoms with Gasteiger partial charge in [-0.05, 0) is 42.8 Å². The number of thioether (sulfide) groups is 1. The summed E-state index contributed by atoms with van der Waals surface area (Å²) >= 11 is 7.47. The number of benzene rings is 2. The lowest BCUT2D eigenvalue weighted by Crippen LogP contribution is -2.21. The van der Waals surface area contributed by atoms with Gasteiger partial charge in [-0.2, -0.15) is 4.98 Å². The summed E-state index contributed by atoms with van der Waals surface area (Å²) in [7, 11) is 0. The number of aryl methyl sites for hydroxylation is 1. The van der Waals surface area contributed by atoms with E-state index in [1.165, 1.54) is 10.9 Å². The maximum atomic E-state index is 12.6. The Hall–Kier alpha value is -2.64. The molecule has 0 aliphatic carbocycles. The Morgan fingerprint density at radius 2 is 2.00 bits per heavy atom. The molecule has 136 valence electrons.